The fourth-order valence-corrected chi connectivity index (χ4v) is 5.67. The molecule has 0 unspecified atom stereocenters. The summed E-state index contributed by atoms with van der Waals surface area (Å²) in [5.41, 5.74) is 3.70. The summed E-state index contributed by atoms with van der Waals surface area (Å²) in [4.78, 5) is 37.9. The molecule has 264 valence electrons. The first kappa shape index (κ1) is 36.1. The second-order valence-corrected chi connectivity index (χ2v) is 12.1. The number of ether oxygens (including phenoxy) is 4. The third-order valence-corrected chi connectivity index (χ3v) is 8.37. The summed E-state index contributed by atoms with van der Waals surface area (Å²) in [6.45, 7) is 8.59. The lowest BCUT2D eigenvalue weighted by molar-refractivity contribution is 0.0936. The van der Waals surface area contributed by atoms with Gasteiger partial charge in [0.15, 0.2) is 11.5 Å². The molecule has 0 aliphatic carbocycles. The van der Waals surface area contributed by atoms with Crippen LogP contribution in [0.1, 0.15) is 57.5 Å². The van der Waals surface area contributed by atoms with Crippen molar-refractivity contribution in [3.8, 4) is 23.1 Å². The van der Waals surface area contributed by atoms with E-state index in [-0.39, 0.29) is 34.8 Å². The van der Waals surface area contributed by atoms with Gasteiger partial charge in [0.2, 0.25) is 11.8 Å². The molecule has 0 bridgehead atoms. The van der Waals surface area contributed by atoms with Gasteiger partial charge in [-0.05, 0) is 87.7 Å². The summed E-state index contributed by atoms with van der Waals surface area (Å²) in [5.74, 6) is 0.728. The minimum Gasteiger partial charge on any atom is -0.493 e. The summed E-state index contributed by atoms with van der Waals surface area (Å²) >= 11 is 0. The van der Waals surface area contributed by atoms with E-state index in [1.54, 1.807) is 25.3 Å². The first-order valence-corrected chi connectivity index (χ1v) is 16.9. The number of hydrogen-bond donors (Lipinski definition) is 3. The Balaban J connectivity index is 1.36. The molecule has 2 amide bonds. The highest BCUT2D eigenvalue weighted by Crippen LogP contribution is 2.34. The number of para-hydroxylation sites is 1. The molecule has 0 saturated carbocycles. The van der Waals surface area contributed by atoms with E-state index in [9.17, 15) is 9.59 Å². The lowest BCUT2D eigenvalue weighted by Gasteiger charge is -2.26. The zero-order chi connectivity index (χ0) is 35.3. The third kappa shape index (κ3) is 9.93. The highest BCUT2D eigenvalue weighted by atomic mass is 16.5. The van der Waals surface area contributed by atoms with Crippen molar-refractivity contribution in [2.24, 2.45) is 0 Å². The maximum atomic E-state index is 13.7. The Hall–Kier alpha value is -5.20. The summed E-state index contributed by atoms with van der Waals surface area (Å²) in [6.07, 6.45) is 6.24. The van der Waals surface area contributed by atoms with Crippen molar-refractivity contribution in [1.29, 1.82) is 0 Å². The van der Waals surface area contributed by atoms with Crippen LogP contribution in [-0.4, -0.2) is 80.3 Å². The molecule has 12 nitrogen and oxygen atoms in total. The van der Waals surface area contributed by atoms with Gasteiger partial charge in [0.05, 0.1) is 20.3 Å². The van der Waals surface area contributed by atoms with Gasteiger partial charge < -0.3 is 39.8 Å². The predicted molar refractivity (Wildman–Crippen MR) is 193 cm³/mol. The van der Waals surface area contributed by atoms with Gasteiger partial charge in [-0.1, -0.05) is 30.7 Å². The van der Waals surface area contributed by atoms with Crippen molar-refractivity contribution in [2.45, 2.75) is 39.5 Å². The number of carbonyl (C=O) groups is 2. The number of anilines is 3. The highest BCUT2D eigenvalue weighted by molar-refractivity contribution is 6.06. The first-order chi connectivity index (χ1) is 24.3. The summed E-state index contributed by atoms with van der Waals surface area (Å²) in [7, 11) is 3.04. The molecule has 0 radical (unpaired) electrons. The molecule has 4 aromatic rings. The third-order valence-electron chi connectivity index (χ3n) is 8.37. The molecule has 3 aromatic carbocycles. The molecule has 2 heterocycles. The Bertz CT molecular complexity index is 1740. The van der Waals surface area contributed by atoms with Crippen molar-refractivity contribution >= 4 is 29.1 Å². The second kappa shape index (κ2) is 18.0. The average Bonchev–Trinajstić information content (AvgIpc) is 3.12. The van der Waals surface area contributed by atoms with Gasteiger partial charge in [-0.2, -0.15) is 4.98 Å². The Labute approximate surface area is 293 Å². The van der Waals surface area contributed by atoms with Crippen molar-refractivity contribution in [3.05, 3.63) is 89.1 Å². The number of benzene rings is 3. The molecule has 5 rings (SSSR count). The van der Waals surface area contributed by atoms with Crippen LogP contribution >= 0.6 is 0 Å². The number of aromatic nitrogens is 2. The number of hydrogen-bond acceptors (Lipinski definition) is 10. The van der Waals surface area contributed by atoms with Crippen LogP contribution < -0.4 is 30.2 Å². The van der Waals surface area contributed by atoms with Gasteiger partial charge in [0.1, 0.15) is 11.3 Å². The number of piperidine rings is 1. The average molecular weight is 683 g/mol. The lowest BCUT2D eigenvalue weighted by atomic mass is 10.1. The fourth-order valence-electron chi connectivity index (χ4n) is 5.67. The molecule has 0 spiro atoms. The molecule has 1 aliphatic rings. The number of nitrogens with zero attached hydrogens (tertiary/aromatic N) is 3. The zero-order valence-corrected chi connectivity index (χ0v) is 29.2. The first-order valence-electron chi connectivity index (χ1n) is 16.9. The van der Waals surface area contributed by atoms with E-state index in [2.05, 4.69) is 30.8 Å². The smallest absolute Gasteiger partial charge is 0.262 e. The van der Waals surface area contributed by atoms with Gasteiger partial charge in [-0.15, -0.1) is 0 Å². The number of carbonyl (C=O) groups excluding carboxylic acids is 2. The van der Waals surface area contributed by atoms with E-state index in [0.717, 1.165) is 29.8 Å². The summed E-state index contributed by atoms with van der Waals surface area (Å²) < 4.78 is 22.9. The minimum atomic E-state index is -0.447. The van der Waals surface area contributed by atoms with Crippen molar-refractivity contribution in [3.63, 3.8) is 0 Å². The van der Waals surface area contributed by atoms with E-state index >= 15 is 0 Å². The van der Waals surface area contributed by atoms with Crippen LogP contribution in [0.15, 0.2) is 66.9 Å². The Morgan fingerprint density at radius 2 is 1.66 bits per heavy atom. The number of methoxy groups -OCH3 is 2. The van der Waals surface area contributed by atoms with Crippen LogP contribution in [0.3, 0.4) is 0 Å². The molecule has 1 aromatic heterocycles. The topological polar surface area (TPSA) is 136 Å². The van der Waals surface area contributed by atoms with Crippen LogP contribution in [0, 0.1) is 13.8 Å². The second-order valence-electron chi connectivity index (χ2n) is 12.1. The van der Waals surface area contributed by atoms with Gasteiger partial charge in [-0.3, -0.25) is 9.59 Å². The summed E-state index contributed by atoms with van der Waals surface area (Å²) in [6, 6.07) is 18.1. The highest BCUT2D eigenvalue weighted by Gasteiger charge is 2.21. The number of rotatable bonds is 16. The maximum Gasteiger partial charge on any atom is 0.262 e. The van der Waals surface area contributed by atoms with Crippen molar-refractivity contribution < 1.29 is 28.5 Å². The van der Waals surface area contributed by atoms with Gasteiger partial charge in [0.25, 0.3) is 11.8 Å². The van der Waals surface area contributed by atoms with E-state index in [1.807, 2.05) is 56.3 Å². The van der Waals surface area contributed by atoms with E-state index in [1.165, 1.54) is 45.7 Å². The van der Waals surface area contributed by atoms with E-state index in [0.29, 0.717) is 36.7 Å². The van der Waals surface area contributed by atoms with Crippen molar-refractivity contribution in [2.75, 3.05) is 64.2 Å². The molecule has 1 fully saturated rings. The van der Waals surface area contributed by atoms with Crippen LogP contribution in [0.4, 0.5) is 17.3 Å². The number of aryl methyl sites for hydroxylation is 2. The quantitative estimate of drug-likeness (QED) is 0.112. The zero-order valence-electron chi connectivity index (χ0n) is 29.2. The summed E-state index contributed by atoms with van der Waals surface area (Å²) in [5, 5.41) is 8.98. The molecule has 1 saturated heterocycles. The largest absolute Gasteiger partial charge is 0.493 e. The molecule has 12 heteroatoms. The van der Waals surface area contributed by atoms with Crippen molar-refractivity contribution in [1.82, 2.24) is 20.2 Å². The molecule has 3 N–H and O–H groups in total. The fraction of sp³-hybridized carbons (Fsp3) is 0.368. The predicted octanol–water partition coefficient (Wildman–Crippen LogP) is 6.52. The van der Waals surface area contributed by atoms with Crippen LogP contribution in [0.25, 0.3) is 0 Å². The Morgan fingerprint density at radius 3 is 2.42 bits per heavy atom. The van der Waals surface area contributed by atoms with Gasteiger partial charge in [-0.25, -0.2) is 4.98 Å². The Morgan fingerprint density at radius 1 is 0.880 bits per heavy atom. The van der Waals surface area contributed by atoms with Gasteiger partial charge >= 0.3 is 0 Å². The lowest BCUT2D eigenvalue weighted by Crippen LogP contribution is -2.31. The standard InChI is InChI=1S/C38H46N6O6/c1-26-11-8-12-27(2)34(26)42-36(46)31-25-40-38(41-29-13-9-14-30(24-29)49-21-10-20-44-18-6-5-7-19-44)43-37(31)50-32-16-15-28(23-33(32)48-4)35(45)39-17-22-47-3/h8-9,11-16,23-25H,5-7,10,17-22H2,1-4H3,(H,39,45)(H,42,46)(H,40,41,43). The van der Waals surface area contributed by atoms with E-state index < -0.39 is 5.91 Å². The van der Waals surface area contributed by atoms with E-state index in [4.69, 9.17) is 18.9 Å². The number of amides is 2. The monoisotopic (exact) mass is 682 g/mol. The SMILES string of the molecule is COCCNC(=O)c1ccc(Oc2nc(Nc3cccc(OCCCN4CCCCC4)c3)ncc2C(=O)Nc2c(C)cccc2C)c(OC)c1. The van der Waals surface area contributed by atoms with Gasteiger partial charge in [0, 0.05) is 49.4 Å². The Kier molecular flexibility index (Phi) is 13.0. The number of likely N-dealkylation sites (tertiary alicyclic amines) is 1. The molecular weight excluding hydrogens is 636 g/mol. The number of nitrogens with one attached hydrogen (secondary N) is 3. The molecule has 0 atom stereocenters. The molecule has 50 heavy (non-hydrogen) atoms. The van der Waals surface area contributed by atoms with Crippen LogP contribution in [0.2, 0.25) is 0 Å². The minimum absolute atomic E-state index is 0.00745. The molecular formula is C38H46N6O6. The maximum absolute atomic E-state index is 13.7. The van der Waals surface area contributed by atoms with Crippen LogP contribution in [0.5, 0.6) is 23.1 Å². The van der Waals surface area contributed by atoms with Crippen LogP contribution in [-0.2, 0) is 4.74 Å². The molecule has 1 aliphatic heterocycles. The normalized spacial score (nSPS) is 13.0.